The summed E-state index contributed by atoms with van der Waals surface area (Å²) in [7, 11) is 0. The smallest absolute Gasteiger partial charge is 0.306 e. The topological polar surface area (TPSA) is 66.0 Å². The van der Waals surface area contributed by atoms with Crippen molar-refractivity contribution in [2.75, 3.05) is 0 Å². The Morgan fingerprint density at radius 3 is 2.75 bits per heavy atom. The normalized spacial score (nSPS) is 16.7. The Kier molecular flexibility index (Phi) is 5.17. The summed E-state index contributed by atoms with van der Waals surface area (Å²) in [4.78, 5) is 13.8. The van der Waals surface area contributed by atoms with Crippen molar-refractivity contribution in [3.63, 3.8) is 0 Å². The summed E-state index contributed by atoms with van der Waals surface area (Å²) in [5, 5.41) is 20.7. The summed E-state index contributed by atoms with van der Waals surface area (Å²) in [6, 6.07) is 13.5. The molecule has 1 aromatic heterocycles. The molecule has 0 amide bonds. The minimum absolute atomic E-state index is 0.0721. The van der Waals surface area contributed by atoms with E-state index in [9.17, 15) is 15.2 Å². The van der Waals surface area contributed by atoms with E-state index in [0.717, 1.165) is 43.8 Å². The number of nitriles is 1. The molecule has 1 N–H and O–H groups in total. The number of hydrogen-bond acceptors (Lipinski definition) is 3. The molecule has 0 fully saturated rings. The van der Waals surface area contributed by atoms with E-state index in [0.29, 0.717) is 10.6 Å². The second-order valence-corrected chi connectivity index (χ2v) is 9.28. The van der Waals surface area contributed by atoms with E-state index in [4.69, 9.17) is 11.6 Å². The number of carboxylic acids is 1. The molecular formula is C21H16BrClN2O2S. The predicted octanol–water partition coefficient (Wildman–Crippen LogP) is 6.29. The summed E-state index contributed by atoms with van der Waals surface area (Å²) in [6.07, 6.45) is 0.779. The first-order chi connectivity index (χ1) is 13.4. The van der Waals surface area contributed by atoms with Gasteiger partial charge in [-0.3, -0.25) is 4.79 Å². The third-order valence-electron chi connectivity index (χ3n) is 5.28. The van der Waals surface area contributed by atoms with Gasteiger partial charge in [-0.15, -0.1) is 0 Å². The molecule has 3 aromatic rings. The van der Waals surface area contributed by atoms with Crippen molar-refractivity contribution in [3.8, 4) is 6.07 Å². The van der Waals surface area contributed by atoms with Crippen LogP contribution in [-0.2, 0) is 11.3 Å². The molecule has 4 rings (SSSR count). The molecule has 2 unspecified atom stereocenters. The monoisotopic (exact) mass is 474 g/mol. The van der Waals surface area contributed by atoms with Crippen molar-refractivity contribution < 1.29 is 9.90 Å². The van der Waals surface area contributed by atoms with Crippen LogP contribution in [0.3, 0.4) is 0 Å². The first-order valence-electron chi connectivity index (χ1n) is 8.82. The summed E-state index contributed by atoms with van der Waals surface area (Å²) in [5.41, 5.74) is 2.59. The van der Waals surface area contributed by atoms with Crippen LogP contribution in [0.15, 0.2) is 50.7 Å². The van der Waals surface area contributed by atoms with Crippen LogP contribution < -0.4 is 0 Å². The number of carboxylic acid groups (broad SMARTS) is 1. The van der Waals surface area contributed by atoms with E-state index in [1.54, 1.807) is 18.7 Å². The number of carbonyl (C=O) groups is 1. The fraction of sp³-hybridized carbons (Fsp3) is 0.238. The number of rotatable bonds is 4. The Morgan fingerprint density at radius 1 is 1.39 bits per heavy atom. The summed E-state index contributed by atoms with van der Waals surface area (Å²) in [5.74, 6) is -1.34. The van der Waals surface area contributed by atoms with Crippen LogP contribution in [0, 0.1) is 17.2 Å². The van der Waals surface area contributed by atoms with E-state index in [-0.39, 0.29) is 5.92 Å². The van der Waals surface area contributed by atoms with Crippen molar-refractivity contribution in [1.29, 1.82) is 5.26 Å². The van der Waals surface area contributed by atoms with Crippen molar-refractivity contribution in [1.82, 2.24) is 4.57 Å². The highest BCUT2D eigenvalue weighted by Gasteiger charge is 2.36. The van der Waals surface area contributed by atoms with Gasteiger partial charge in [0.1, 0.15) is 0 Å². The van der Waals surface area contributed by atoms with Crippen LogP contribution in [-0.4, -0.2) is 15.6 Å². The van der Waals surface area contributed by atoms with E-state index in [1.165, 1.54) is 0 Å². The first-order valence-corrected chi connectivity index (χ1v) is 10.8. The molecule has 2 aromatic carbocycles. The minimum Gasteiger partial charge on any atom is -0.481 e. The van der Waals surface area contributed by atoms with Crippen LogP contribution in [0.1, 0.15) is 30.5 Å². The van der Waals surface area contributed by atoms with Crippen LogP contribution in [0.25, 0.3) is 10.9 Å². The average molecular weight is 476 g/mol. The van der Waals surface area contributed by atoms with Gasteiger partial charge in [-0.1, -0.05) is 46.2 Å². The number of fused-ring (bicyclic) bond motifs is 3. The zero-order valence-corrected chi connectivity index (χ0v) is 18.1. The van der Waals surface area contributed by atoms with Crippen LogP contribution in [0.2, 0.25) is 5.02 Å². The molecular weight excluding hydrogens is 460 g/mol. The molecule has 0 spiro atoms. The van der Waals surface area contributed by atoms with Crippen LogP contribution in [0.5, 0.6) is 0 Å². The maximum atomic E-state index is 11.7. The zero-order valence-electron chi connectivity index (χ0n) is 14.9. The van der Waals surface area contributed by atoms with Gasteiger partial charge in [-0.25, -0.2) is 0 Å². The standard InChI is InChI=1S/C21H16BrClN2O2S/c1-11(21(26)27)15-6-7-25-17-9-12(10-24)8-16(22)18(17)20(19(15)25)28-14-4-2-13(23)3-5-14/h2-5,8-9,11,15H,6-7H2,1H3,(H,26,27). The predicted molar refractivity (Wildman–Crippen MR) is 114 cm³/mol. The largest absolute Gasteiger partial charge is 0.481 e. The quantitative estimate of drug-likeness (QED) is 0.482. The fourth-order valence-electron chi connectivity index (χ4n) is 3.87. The van der Waals surface area contributed by atoms with E-state index in [1.807, 2.05) is 36.4 Å². The van der Waals surface area contributed by atoms with Gasteiger partial charge in [0.05, 0.1) is 23.1 Å². The number of aryl methyl sites for hydroxylation is 1. The lowest BCUT2D eigenvalue weighted by atomic mass is 9.90. The summed E-state index contributed by atoms with van der Waals surface area (Å²) < 4.78 is 3.03. The van der Waals surface area contributed by atoms with E-state index < -0.39 is 11.9 Å². The highest BCUT2D eigenvalue weighted by atomic mass is 79.9. The maximum Gasteiger partial charge on any atom is 0.306 e. The molecule has 1 aliphatic rings. The lowest BCUT2D eigenvalue weighted by Gasteiger charge is -2.16. The number of aromatic nitrogens is 1. The summed E-state index contributed by atoms with van der Waals surface area (Å²) in [6.45, 7) is 2.52. The van der Waals surface area contributed by atoms with Gasteiger partial charge < -0.3 is 9.67 Å². The van der Waals surface area contributed by atoms with Gasteiger partial charge in [-0.05, 0) is 42.8 Å². The van der Waals surface area contributed by atoms with Gasteiger partial charge in [0.2, 0.25) is 0 Å². The number of nitrogens with zero attached hydrogens (tertiary/aromatic N) is 2. The molecule has 7 heteroatoms. The molecule has 1 aliphatic heterocycles. The molecule has 142 valence electrons. The number of aliphatic carboxylic acids is 1. The molecule has 4 nitrogen and oxygen atoms in total. The van der Waals surface area contributed by atoms with Crippen molar-refractivity contribution in [2.45, 2.75) is 35.6 Å². The molecule has 2 atom stereocenters. The highest BCUT2D eigenvalue weighted by Crippen LogP contribution is 2.50. The Labute approximate surface area is 180 Å². The fourth-order valence-corrected chi connectivity index (χ4v) is 5.97. The lowest BCUT2D eigenvalue weighted by Crippen LogP contribution is -2.17. The average Bonchev–Trinajstić information content (AvgIpc) is 3.22. The Balaban J connectivity index is 1.95. The maximum absolute atomic E-state index is 11.7. The second-order valence-electron chi connectivity index (χ2n) is 6.91. The summed E-state index contributed by atoms with van der Waals surface area (Å²) >= 11 is 11.3. The number of benzene rings is 2. The Hall–Kier alpha value is -1.94. The molecule has 0 bridgehead atoms. The van der Waals surface area contributed by atoms with Gasteiger partial charge in [-0.2, -0.15) is 5.26 Å². The Morgan fingerprint density at radius 2 is 2.11 bits per heavy atom. The molecule has 28 heavy (non-hydrogen) atoms. The minimum atomic E-state index is -0.789. The van der Waals surface area contributed by atoms with Crippen molar-refractivity contribution >= 4 is 56.2 Å². The van der Waals surface area contributed by atoms with Gasteiger partial charge in [0, 0.05) is 42.8 Å². The van der Waals surface area contributed by atoms with Crippen molar-refractivity contribution in [3.05, 3.63) is 57.2 Å². The third kappa shape index (κ3) is 3.22. The van der Waals surface area contributed by atoms with Gasteiger partial charge in [0.15, 0.2) is 0 Å². The second kappa shape index (κ2) is 7.47. The number of halogens is 2. The Bertz CT molecular complexity index is 1130. The zero-order chi connectivity index (χ0) is 20.0. The molecule has 0 saturated heterocycles. The molecule has 0 saturated carbocycles. The lowest BCUT2D eigenvalue weighted by molar-refractivity contribution is -0.141. The SMILES string of the molecule is CC(C(=O)O)C1CCn2c1c(Sc1ccc(Cl)cc1)c1c(Br)cc(C#N)cc12. The molecule has 0 aliphatic carbocycles. The first kappa shape index (κ1) is 19.4. The van der Waals surface area contributed by atoms with Gasteiger partial charge >= 0.3 is 5.97 Å². The van der Waals surface area contributed by atoms with Crippen LogP contribution in [0.4, 0.5) is 0 Å². The molecule has 2 heterocycles. The molecule has 0 radical (unpaired) electrons. The van der Waals surface area contributed by atoms with E-state index >= 15 is 0 Å². The van der Waals surface area contributed by atoms with Crippen molar-refractivity contribution in [2.24, 2.45) is 5.92 Å². The highest BCUT2D eigenvalue weighted by molar-refractivity contribution is 9.10. The van der Waals surface area contributed by atoms with Crippen LogP contribution >= 0.6 is 39.3 Å². The third-order valence-corrected chi connectivity index (χ3v) is 7.28. The van der Waals surface area contributed by atoms with Gasteiger partial charge in [0.25, 0.3) is 0 Å². The van der Waals surface area contributed by atoms with E-state index in [2.05, 4.69) is 26.6 Å². The number of hydrogen-bond donors (Lipinski definition) is 1.